The molecule has 2 aromatic rings. The molecule has 3 heterocycles. The number of alkyl halides is 2. The molecule has 0 unspecified atom stereocenters. The number of piperidine rings is 2. The van der Waals surface area contributed by atoms with Gasteiger partial charge in [-0.1, -0.05) is 0 Å². The van der Waals surface area contributed by atoms with Crippen molar-refractivity contribution in [3.05, 3.63) is 15.7 Å². The van der Waals surface area contributed by atoms with Crippen LogP contribution in [-0.2, 0) is 0 Å². The molecule has 0 amide bonds. The van der Waals surface area contributed by atoms with Crippen molar-refractivity contribution in [2.75, 3.05) is 43.5 Å². The molecule has 2 aliphatic rings. The molecule has 0 aliphatic carbocycles. The van der Waals surface area contributed by atoms with Gasteiger partial charge in [-0.2, -0.15) is 4.98 Å². The van der Waals surface area contributed by atoms with Crippen LogP contribution in [0.5, 0.6) is 5.75 Å². The van der Waals surface area contributed by atoms with Gasteiger partial charge in [-0.25, -0.2) is 13.8 Å². The van der Waals surface area contributed by atoms with Crippen molar-refractivity contribution >= 4 is 45.3 Å². The summed E-state index contributed by atoms with van der Waals surface area (Å²) in [6.07, 6.45) is 1.75. The van der Waals surface area contributed by atoms with Crippen molar-refractivity contribution in [3.63, 3.8) is 0 Å². The van der Waals surface area contributed by atoms with Gasteiger partial charge in [-0.15, -0.1) is 0 Å². The van der Waals surface area contributed by atoms with E-state index in [-0.39, 0.29) is 25.9 Å². The lowest BCUT2D eigenvalue weighted by molar-refractivity contribution is -0.0222. The highest BCUT2D eigenvalue weighted by Crippen LogP contribution is 2.34. The lowest BCUT2D eigenvalue weighted by atomic mass is 10.0. The smallest absolute Gasteiger partial charge is 0.251 e. The number of likely N-dealkylation sites (tertiary alicyclic amines) is 1. The number of ether oxygens (including phenoxy) is 1. The number of aromatic nitrogens is 2. The predicted molar refractivity (Wildman–Crippen MR) is 129 cm³/mol. The Morgan fingerprint density at radius 1 is 1.13 bits per heavy atom. The second-order valence-corrected chi connectivity index (χ2v) is 9.93. The number of hydrogen-bond donors (Lipinski definition) is 1. The van der Waals surface area contributed by atoms with Gasteiger partial charge in [0, 0.05) is 56.5 Å². The standard InChI is InChI=1S/C22H30F2IN5O/c1-14(2)29-8-4-15(5-9-29)26-20-16-12-19(31-3)17(25)13-18(16)27-21(28-20)30-10-6-22(23,24)7-11-30/h12-15H,4-11H2,1-3H3,(H,26,27,28). The van der Waals surface area contributed by atoms with E-state index in [2.05, 4.69) is 46.7 Å². The molecular formula is C22H30F2IN5O. The molecule has 1 aromatic heterocycles. The molecule has 0 radical (unpaired) electrons. The Morgan fingerprint density at radius 3 is 2.42 bits per heavy atom. The number of methoxy groups -OCH3 is 1. The fourth-order valence-electron chi connectivity index (χ4n) is 4.31. The molecule has 0 bridgehead atoms. The third-order valence-electron chi connectivity index (χ3n) is 6.34. The number of benzene rings is 1. The normalized spacial score (nSPS) is 20.4. The summed E-state index contributed by atoms with van der Waals surface area (Å²) in [4.78, 5) is 13.9. The first kappa shape index (κ1) is 22.7. The van der Waals surface area contributed by atoms with Gasteiger partial charge in [-0.3, -0.25) is 0 Å². The minimum Gasteiger partial charge on any atom is -0.496 e. The molecule has 2 saturated heterocycles. The first-order chi connectivity index (χ1) is 14.8. The zero-order valence-corrected chi connectivity index (χ0v) is 20.5. The number of halogens is 3. The van der Waals surface area contributed by atoms with Crippen LogP contribution in [0.4, 0.5) is 20.5 Å². The molecule has 0 atom stereocenters. The zero-order valence-electron chi connectivity index (χ0n) is 18.3. The third-order valence-corrected chi connectivity index (χ3v) is 7.18. The molecule has 0 saturated carbocycles. The molecule has 170 valence electrons. The second kappa shape index (κ2) is 9.17. The largest absolute Gasteiger partial charge is 0.496 e. The Balaban J connectivity index is 1.64. The van der Waals surface area contributed by atoms with Crippen LogP contribution in [0.2, 0.25) is 0 Å². The lowest BCUT2D eigenvalue weighted by Crippen LogP contribution is -2.42. The van der Waals surface area contributed by atoms with Gasteiger partial charge in [0.2, 0.25) is 5.95 Å². The summed E-state index contributed by atoms with van der Waals surface area (Å²) in [5.74, 6) is -0.539. The highest BCUT2D eigenvalue weighted by atomic mass is 127. The van der Waals surface area contributed by atoms with Gasteiger partial charge in [0.05, 0.1) is 16.2 Å². The SMILES string of the molecule is COc1cc2c(NC3CCN(C(C)C)CC3)nc(N3CCC(F)(F)CC3)nc2cc1I. The van der Waals surface area contributed by atoms with E-state index < -0.39 is 5.92 Å². The summed E-state index contributed by atoms with van der Waals surface area (Å²) in [7, 11) is 1.65. The summed E-state index contributed by atoms with van der Waals surface area (Å²) in [5.41, 5.74) is 0.801. The molecule has 31 heavy (non-hydrogen) atoms. The first-order valence-electron chi connectivity index (χ1n) is 10.9. The molecule has 2 aliphatic heterocycles. The van der Waals surface area contributed by atoms with Crippen LogP contribution in [0.3, 0.4) is 0 Å². The molecule has 9 heteroatoms. The topological polar surface area (TPSA) is 53.5 Å². The average molecular weight is 545 g/mol. The van der Waals surface area contributed by atoms with Gasteiger partial charge in [0.1, 0.15) is 11.6 Å². The number of rotatable bonds is 5. The van der Waals surface area contributed by atoms with Crippen LogP contribution in [-0.4, -0.2) is 66.2 Å². The summed E-state index contributed by atoms with van der Waals surface area (Å²) >= 11 is 2.23. The maximum atomic E-state index is 13.7. The first-order valence-corrected chi connectivity index (χ1v) is 12.0. The Bertz CT molecular complexity index is 924. The van der Waals surface area contributed by atoms with E-state index in [0.717, 1.165) is 52.0 Å². The van der Waals surface area contributed by atoms with Gasteiger partial charge in [-0.05, 0) is 61.4 Å². The van der Waals surface area contributed by atoms with Crippen molar-refractivity contribution in [2.24, 2.45) is 0 Å². The third kappa shape index (κ3) is 5.13. The average Bonchev–Trinajstić information content (AvgIpc) is 2.73. The van der Waals surface area contributed by atoms with E-state index in [4.69, 9.17) is 14.7 Å². The van der Waals surface area contributed by atoms with Crippen molar-refractivity contribution < 1.29 is 13.5 Å². The maximum Gasteiger partial charge on any atom is 0.251 e. The monoisotopic (exact) mass is 545 g/mol. The molecule has 6 nitrogen and oxygen atoms in total. The van der Waals surface area contributed by atoms with E-state index in [0.29, 0.717) is 18.0 Å². The van der Waals surface area contributed by atoms with Crippen LogP contribution >= 0.6 is 22.6 Å². The molecular weight excluding hydrogens is 515 g/mol. The second-order valence-electron chi connectivity index (χ2n) is 8.77. The van der Waals surface area contributed by atoms with E-state index in [1.165, 1.54) is 0 Å². The van der Waals surface area contributed by atoms with E-state index in [9.17, 15) is 8.78 Å². The number of nitrogens with one attached hydrogen (secondary N) is 1. The summed E-state index contributed by atoms with van der Waals surface area (Å²) in [6.45, 7) is 7.08. The van der Waals surface area contributed by atoms with Crippen molar-refractivity contribution in [1.82, 2.24) is 14.9 Å². The molecule has 1 aromatic carbocycles. The molecule has 4 rings (SSSR count). The Morgan fingerprint density at radius 2 is 1.81 bits per heavy atom. The van der Waals surface area contributed by atoms with Gasteiger partial charge < -0.3 is 19.9 Å². The van der Waals surface area contributed by atoms with Crippen LogP contribution in [0.25, 0.3) is 10.9 Å². The van der Waals surface area contributed by atoms with E-state index in [1.54, 1.807) is 7.11 Å². The summed E-state index contributed by atoms with van der Waals surface area (Å²) in [6, 6.07) is 4.81. The van der Waals surface area contributed by atoms with Crippen LogP contribution < -0.4 is 15.0 Å². The minimum atomic E-state index is -2.60. The molecule has 0 spiro atoms. The summed E-state index contributed by atoms with van der Waals surface area (Å²) < 4.78 is 33.8. The van der Waals surface area contributed by atoms with Gasteiger partial charge >= 0.3 is 0 Å². The fraction of sp³-hybridized carbons (Fsp3) is 0.636. The highest BCUT2D eigenvalue weighted by Gasteiger charge is 2.35. The van der Waals surface area contributed by atoms with Gasteiger partial charge in [0.25, 0.3) is 5.92 Å². The Hall–Kier alpha value is -1.49. The van der Waals surface area contributed by atoms with Crippen molar-refractivity contribution in [2.45, 2.75) is 57.5 Å². The Kier molecular flexibility index (Phi) is 6.71. The number of nitrogens with zero attached hydrogens (tertiary/aromatic N) is 4. The predicted octanol–water partition coefficient (Wildman–Crippen LogP) is 4.76. The van der Waals surface area contributed by atoms with E-state index >= 15 is 0 Å². The van der Waals surface area contributed by atoms with Crippen LogP contribution in [0.1, 0.15) is 39.5 Å². The van der Waals surface area contributed by atoms with Crippen LogP contribution in [0, 0.1) is 3.57 Å². The maximum absolute atomic E-state index is 13.7. The number of anilines is 2. The van der Waals surface area contributed by atoms with Crippen molar-refractivity contribution in [3.8, 4) is 5.75 Å². The molecule has 1 N–H and O–H groups in total. The quantitative estimate of drug-likeness (QED) is 0.547. The molecule has 2 fully saturated rings. The Labute approximate surface area is 195 Å². The van der Waals surface area contributed by atoms with Gasteiger partial charge in [0.15, 0.2) is 0 Å². The fourth-order valence-corrected chi connectivity index (χ4v) is 4.98. The highest BCUT2D eigenvalue weighted by molar-refractivity contribution is 14.1. The summed E-state index contributed by atoms with van der Waals surface area (Å²) in [5, 5.41) is 4.54. The zero-order chi connectivity index (χ0) is 22.2. The van der Waals surface area contributed by atoms with Crippen LogP contribution in [0.15, 0.2) is 12.1 Å². The minimum absolute atomic E-state index is 0.162. The van der Waals surface area contributed by atoms with Crippen molar-refractivity contribution in [1.29, 1.82) is 0 Å². The van der Waals surface area contributed by atoms with E-state index in [1.807, 2.05) is 17.0 Å². The number of fused-ring (bicyclic) bond motifs is 1. The number of hydrogen-bond acceptors (Lipinski definition) is 6. The lowest BCUT2D eigenvalue weighted by Gasteiger charge is -2.35.